The standard InChI is InChI=1S/C11H14N2O5/c1-17-4-5-18-9-6-8(2-3-12-9)11(16)13-7-10(14)15/h2-3,6H,4-5,7H2,1H3,(H,13,16)(H,14,15). The third kappa shape index (κ3) is 4.79. The van der Waals surface area contributed by atoms with Crippen molar-refractivity contribution in [3.63, 3.8) is 0 Å². The van der Waals surface area contributed by atoms with E-state index in [9.17, 15) is 9.59 Å². The summed E-state index contributed by atoms with van der Waals surface area (Å²) in [6.45, 7) is 0.307. The monoisotopic (exact) mass is 254 g/mol. The van der Waals surface area contributed by atoms with Crippen molar-refractivity contribution in [2.24, 2.45) is 0 Å². The highest BCUT2D eigenvalue weighted by atomic mass is 16.5. The van der Waals surface area contributed by atoms with Crippen LogP contribution in [-0.2, 0) is 9.53 Å². The molecule has 18 heavy (non-hydrogen) atoms. The molecule has 0 saturated carbocycles. The van der Waals surface area contributed by atoms with Gasteiger partial charge in [-0.1, -0.05) is 0 Å². The normalized spacial score (nSPS) is 9.83. The van der Waals surface area contributed by atoms with E-state index < -0.39 is 18.4 Å². The first-order chi connectivity index (χ1) is 8.63. The summed E-state index contributed by atoms with van der Waals surface area (Å²) in [6.07, 6.45) is 1.41. The Morgan fingerprint density at radius 1 is 1.44 bits per heavy atom. The molecule has 0 fully saturated rings. The second-order valence-electron chi connectivity index (χ2n) is 3.30. The molecule has 7 nitrogen and oxygen atoms in total. The number of hydrogen-bond acceptors (Lipinski definition) is 5. The number of methoxy groups -OCH3 is 1. The zero-order valence-corrected chi connectivity index (χ0v) is 9.88. The largest absolute Gasteiger partial charge is 0.480 e. The van der Waals surface area contributed by atoms with Crippen LogP contribution in [0.25, 0.3) is 0 Å². The van der Waals surface area contributed by atoms with E-state index in [-0.39, 0.29) is 5.88 Å². The molecule has 0 radical (unpaired) electrons. The first-order valence-corrected chi connectivity index (χ1v) is 5.21. The van der Waals surface area contributed by atoms with Crippen molar-refractivity contribution >= 4 is 11.9 Å². The van der Waals surface area contributed by atoms with Crippen molar-refractivity contribution in [3.05, 3.63) is 23.9 Å². The number of rotatable bonds is 7. The second kappa shape index (κ2) is 7.23. The molecule has 1 heterocycles. The summed E-state index contributed by atoms with van der Waals surface area (Å²) >= 11 is 0. The van der Waals surface area contributed by atoms with E-state index in [1.165, 1.54) is 18.3 Å². The number of ether oxygens (including phenoxy) is 2. The van der Waals surface area contributed by atoms with Crippen LogP contribution >= 0.6 is 0 Å². The van der Waals surface area contributed by atoms with E-state index in [2.05, 4.69) is 10.3 Å². The van der Waals surface area contributed by atoms with Crippen LogP contribution in [0.1, 0.15) is 10.4 Å². The predicted octanol–water partition coefficient (Wildman–Crippen LogP) is -0.0788. The SMILES string of the molecule is COCCOc1cc(C(=O)NCC(=O)O)ccn1. The summed E-state index contributed by atoms with van der Waals surface area (Å²) in [5, 5.41) is 10.7. The van der Waals surface area contributed by atoms with Gasteiger partial charge in [-0.25, -0.2) is 4.98 Å². The van der Waals surface area contributed by atoms with Crippen LogP contribution < -0.4 is 10.1 Å². The summed E-state index contributed by atoms with van der Waals surface area (Å²) in [5.74, 6) is -1.31. The van der Waals surface area contributed by atoms with E-state index in [0.717, 1.165) is 0 Å². The topological polar surface area (TPSA) is 97.8 Å². The van der Waals surface area contributed by atoms with Gasteiger partial charge in [0.05, 0.1) is 6.61 Å². The summed E-state index contributed by atoms with van der Waals surface area (Å²) in [7, 11) is 1.55. The van der Waals surface area contributed by atoms with Crippen LogP contribution in [0.3, 0.4) is 0 Å². The minimum atomic E-state index is -1.10. The number of aromatic nitrogens is 1. The number of nitrogens with zero attached hydrogens (tertiary/aromatic N) is 1. The smallest absolute Gasteiger partial charge is 0.322 e. The maximum Gasteiger partial charge on any atom is 0.322 e. The Morgan fingerprint density at radius 3 is 2.89 bits per heavy atom. The molecule has 7 heteroatoms. The van der Waals surface area contributed by atoms with Gasteiger partial charge < -0.3 is 19.9 Å². The van der Waals surface area contributed by atoms with Gasteiger partial charge in [0, 0.05) is 24.9 Å². The molecule has 0 aromatic carbocycles. The highest BCUT2D eigenvalue weighted by Crippen LogP contribution is 2.09. The Hall–Kier alpha value is -2.15. The first kappa shape index (κ1) is 13.9. The van der Waals surface area contributed by atoms with Crippen molar-refractivity contribution < 1.29 is 24.2 Å². The molecule has 0 aliphatic carbocycles. The van der Waals surface area contributed by atoms with Gasteiger partial charge in [0.1, 0.15) is 13.2 Å². The van der Waals surface area contributed by atoms with Gasteiger partial charge in [0.15, 0.2) is 0 Å². The van der Waals surface area contributed by atoms with E-state index in [4.69, 9.17) is 14.6 Å². The van der Waals surface area contributed by atoms with Crippen molar-refractivity contribution in [1.82, 2.24) is 10.3 Å². The molecule has 2 N–H and O–H groups in total. The molecule has 1 aromatic rings. The lowest BCUT2D eigenvalue weighted by atomic mass is 10.2. The highest BCUT2D eigenvalue weighted by molar-refractivity contribution is 5.95. The van der Waals surface area contributed by atoms with Crippen molar-refractivity contribution in [3.8, 4) is 5.88 Å². The lowest BCUT2D eigenvalue weighted by Gasteiger charge is -2.06. The van der Waals surface area contributed by atoms with Gasteiger partial charge >= 0.3 is 5.97 Å². The second-order valence-corrected chi connectivity index (χ2v) is 3.30. The van der Waals surface area contributed by atoms with Gasteiger partial charge in [0.2, 0.25) is 5.88 Å². The number of carboxylic acid groups (broad SMARTS) is 1. The Morgan fingerprint density at radius 2 is 2.22 bits per heavy atom. The van der Waals surface area contributed by atoms with Crippen LogP contribution in [0.4, 0.5) is 0 Å². The van der Waals surface area contributed by atoms with E-state index in [1.807, 2.05) is 0 Å². The third-order valence-electron chi connectivity index (χ3n) is 1.93. The summed E-state index contributed by atoms with van der Waals surface area (Å²) in [4.78, 5) is 25.8. The molecule has 0 bridgehead atoms. The zero-order valence-electron chi connectivity index (χ0n) is 9.88. The number of hydrogen-bond donors (Lipinski definition) is 2. The number of amides is 1. The average Bonchev–Trinajstić information content (AvgIpc) is 2.36. The lowest BCUT2D eigenvalue weighted by molar-refractivity contribution is -0.135. The minimum absolute atomic E-state index is 0.287. The lowest BCUT2D eigenvalue weighted by Crippen LogP contribution is -2.29. The van der Waals surface area contributed by atoms with Crippen molar-refractivity contribution in [1.29, 1.82) is 0 Å². The molecule has 0 unspecified atom stereocenters. The maximum atomic E-state index is 11.5. The molecule has 1 amide bonds. The molecule has 98 valence electrons. The Balaban J connectivity index is 2.57. The molecule has 1 aromatic heterocycles. The Labute approximate surface area is 104 Å². The van der Waals surface area contributed by atoms with Crippen molar-refractivity contribution in [2.45, 2.75) is 0 Å². The van der Waals surface area contributed by atoms with E-state index in [1.54, 1.807) is 7.11 Å². The molecule has 0 atom stereocenters. The van der Waals surface area contributed by atoms with Crippen LogP contribution in [-0.4, -0.2) is 48.8 Å². The summed E-state index contributed by atoms with van der Waals surface area (Å²) < 4.78 is 10.0. The number of aliphatic carboxylic acids is 1. The molecular formula is C11H14N2O5. The van der Waals surface area contributed by atoms with E-state index in [0.29, 0.717) is 18.8 Å². The predicted molar refractivity (Wildman–Crippen MR) is 61.6 cm³/mol. The Bertz CT molecular complexity index is 422. The van der Waals surface area contributed by atoms with Crippen LogP contribution in [0.5, 0.6) is 5.88 Å². The summed E-state index contributed by atoms with van der Waals surface area (Å²) in [6, 6.07) is 2.91. The highest BCUT2D eigenvalue weighted by Gasteiger charge is 2.08. The molecule has 0 saturated heterocycles. The summed E-state index contributed by atoms with van der Waals surface area (Å²) in [5.41, 5.74) is 0.290. The number of pyridine rings is 1. The van der Waals surface area contributed by atoms with Crippen LogP contribution in [0.2, 0.25) is 0 Å². The van der Waals surface area contributed by atoms with Crippen molar-refractivity contribution in [2.75, 3.05) is 26.9 Å². The first-order valence-electron chi connectivity index (χ1n) is 5.21. The molecule has 0 aliphatic rings. The maximum absolute atomic E-state index is 11.5. The van der Waals surface area contributed by atoms with Gasteiger partial charge in [0.25, 0.3) is 5.91 Å². The van der Waals surface area contributed by atoms with Crippen LogP contribution in [0, 0.1) is 0 Å². The van der Waals surface area contributed by atoms with Crippen LogP contribution in [0.15, 0.2) is 18.3 Å². The fourth-order valence-corrected chi connectivity index (χ4v) is 1.12. The van der Waals surface area contributed by atoms with Gasteiger partial charge in [-0.3, -0.25) is 9.59 Å². The van der Waals surface area contributed by atoms with Gasteiger partial charge in [-0.2, -0.15) is 0 Å². The number of nitrogens with one attached hydrogen (secondary N) is 1. The third-order valence-corrected chi connectivity index (χ3v) is 1.93. The quantitative estimate of drug-likeness (QED) is 0.660. The van der Waals surface area contributed by atoms with Gasteiger partial charge in [-0.05, 0) is 6.07 Å². The Kier molecular flexibility index (Phi) is 5.59. The fraction of sp³-hybridized carbons (Fsp3) is 0.364. The molecule has 1 rings (SSSR count). The fourth-order valence-electron chi connectivity index (χ4n) is 1.12. The number of carbonyl (C=O) groups excluding carboxylic acids is 1. The molecule has 0 spiro atoms. The van der Waals surface area contributed by atoms with Gasteiger partial charge in [-0.15, -0.1) is 0 Å². The average molecular weight is 254 g/mol. The molecule has 0 aliphatic heterocycles. The minimum Gasteiger partial charge on any atom is -0.480 e. The number of carbonyl (C=O) groups is 2. The number of carboxylic acids is 1. The zero-order chi connectivity index (χ0) is 13.4. The van der Waals surface area contributed by atoms with E-state index >= 15 is 0 Å². The molecular weight excluding hydrogens is 240 g/mol.